The summed E-state index contributed by atoms with van der Waals surface area (Å²) in [6, 6.07) is 0. The highest BCUT2D eigenvalue weighted by Gasteiger charge is 1.76. The summed E-state index contributed by atoms with van der Waals surface area (Å²) in [7, 11) is 1.64. The van der Waals surface area contributed by atoms with Crippen molar-refractivity contribution in [3.05, 3.63) is 11.6 Å². The van der Waals surface area contributed by atoms with Crippen LogP contribution in [0.3, 0.4) is 0 Å². The molecule has 0 aromatic rings. The van der Waals surface area contributed by atoms with Crippen molar-refractivity contribution in [1.82, 2.24) is 0 Å². The van der Waals surface area contributed by atoms with Crippen LogP contribution >= 0.6 is 0 Å². The van der Waals surface area contributed by atoms with Crippen LogP contribution in [0, 0.1) is 12.3 Å². The lowest BCUT2D eigenvalue weighted by Gasteiger charge is -1.87. The van der Waals surface area contributed by atoms with Gasteiger partial charge in [0.25, 0.3) is 0 Å². The van der Waals surface area contributed by atoms with Crippen molar-refractivity contribution < 1.29 is 4.74 Å². The zero-order valence-electron chi connectivity index (χ0n) is 5.27. The molecule has 0 rings (SSSR count). The van der Waals surface area contributed by atoms with Crippen LogP contribution in [-0.4, -0.2) is 13.7 Å². The Labute approximate surface area is 50.4 Å². The molecule has 44 valence electrons. The molecule has 0 atom stereocenters. The largest absolute Gasteiger partial charge is 0.381 e. The fourth-order valence-corrected chi connectivity index (χ4v) is 0.267. The number of hydrogen-bond acceptors (Lipinski definition) is 1. The van der Waals surface area contributed by atoms with Gasteiger partial charge in [-0.15, -0.1) is 6.42 Å². The minimum atomic E-state index is 0.607. The monoisotopic (exact) mass is 110 g/mol. The first kappa shape index (κ1) is 7.26. The zero-order chi connectivity index (χ0) is 6.41. The summed E-state index contributed by atoms with van der Waals surface area (Å²) in [6.45, 7) is 2.48. The predicted molar refractivity (Wildman–Crippen MR) is 34.5 cm³/mol. The molecule has 8 heavy (non-hydrogen) atoms. The van der Waals surface area contributed by atoms with Gasteiger partial charge in [0.15, 0.2) is 0 Å². The normalized spacial score (nSPS) is 10.9. The molecule has 0 radical (unpaired) electrons. The van der Waals surface area contributed by atoms with E-state index in [0.717, 1.165) is 5.57 Å². The van der Waals surface area contributed by atoms with Gasteiger partial charge in [0.2, 0.25) is 0 Å². The number of methoxy groups -OCH3 is 1. The van der Waals surface area contributed by atoms with E-state index in [9.17, 15) is 0 Å². The first-order valence-electron chi connectivity index (χ1n) is 2.43. The number of rotatable bonds is 2. The summed E-state index contributed by atoms with van der Waals surface area (Å²) in [6.07, 6.45) is 6.90. The molecule has 0 aliphatic carbocycles. The molecule has 0 heterocycles. The standard InChI is InChI=1S/C7H10O/c1-4-7(2)5-6-8-3/h1,5H,6H2,2-3H3/b7-5-. The Bertz CT molecular complexity index is 117. The van der Waals surface area contributed by atoms with Crippen LogP contribution in [0.25, 0.3) is 0 Å². The van der Waals surface area contributed by atoms with Crippen LogP contribution in [0.2, 0.25) is 0 Å². The summed E-state index contributed by atoms with van der Waals surface area (Å²) >= 11 is 0. The summed E-state index contributed by atoms with van der Waals surface area (Å²) in [5.41, 5.74) is 0.923. The van der Waals surface area contributed by atoms with Gasteiger partial charge in [-0.2, -0.15) is 0 Å². The number of hydrogen-bond donors (Lipinski definition) is 0. The van der Waals surface area contributed by atoms with E-state index in [2.05, 4.69) is 5.92 Å². The van der Waals surface area contributed by atoms with E-state index >= 15 is 0 Å². The fraction of sp³-hybridized carbons (Fsp3) is 0.429. The summed E-state index contributed by atoms with van der Waals surface area (Å²) < 4.78 is 4.74. The van der Waals surface area contributed by atoms with Gasteiger partial charge in [-0.05, 0) is 18.6 Å². The van der Waals surface area contributed by atoms with E-state index < -0.39 is 0 Å². The van der Waals surface area contributed by atoms with Crippen LogP contribution in [0.15, 0.2) is 11.6 Å². The Morgan fingerprint density at radius 3 is 2.88 bits per heavy atom. The highest BCUT2D eigenvalue weighted by Crippen LogP contribution is 1.86. The van der Waals surface area contributed by atoms with Gasteiger partial charge >= 0.3 is 0 Å². The van der Waals surface area contributed by atoms with E-state index in [1.54, 1.807) is 7.11 Å². The van der Waals surface area contributed by atoms with E-state index in [0.29, 0.717) is 6.61 Å². The predicted octanol–water partition coefficient (Wildman–Crippen LogP) is 1.21. The molecule has 0 aliphatic heterocycles. The third-order valence-electron chi connectivity index (χ3n) is 0.784. The minimum Gasteiger partial charge on any atom is -0.381 e. The lowest BCUT2D eigenvalue weighted by atomic mass is 10.3. The second-order valence-electron chi connectivity index (χ2n) is 1.49. The quantitative estimate of drug-likeness (QED) is 0.485. The third kappa shape index (κ3) is 3.45. The van der Waals surface area contributed by atoms with Gasteiger partial charge in [0, 0.05) is 7.11 Å². The van der Waals surface area contributed by atoms with Gasteiger partial charge in [0.05, 0.1) is 6.61 Å². The molecule has 0 amide bonds. The highest BCUT2D eigenvalue weighted by molar-refractivity contribution is 5.22. The SMILES string of the molecule is C#C/C(C)=C\COC. The smallest absolute Gasteiger partial charge is 0.0655 e. The molecule has 0 aromatic carbocycles. The topological polar surface area (TPSA) is 9.23 Å². The van der Waals surface area contributed by atoms with Crippen molar-refractivity contribution in [1.29, 1.82) is 0 Å². The van der Waals surface area contributed by atoms with E-state index in [4.69, 9.17) is 11.2 Å². The van der Waals surface area contributed by atoms with E-state index in [1.807, 2.05) is 13.0 Å². The first-order chi connectivity index (χ1) is 3.81. The van der Waals surface area contributed by atoms with Crippen LogP contribution < -0.4 is 0 Å². The molecule has 0 unspecified atom stereocenters. The molecule has 0 aliphatic rings. The second kappa shape index (κ2) is 4.42. The minimum absolute atomic E-state index is 0.607. The summed E-state index contributed by atoms with van der Waals surface area (Å²) in [5.74, 6) is 2.48. The van der Waals surface area contributed by atoms with Crippen molar-refractivity contribution in [2.45, 2.75) is 6.92 Å². The molecule has 0 saturated carbocycles. The molecule has 0 N–H and O–H groups in total. The zero-order valence-corrected chi connectivity index (χ0v) is 5.27. The molecule has 1 heteroatoms. The molecular weight excluding hydrogens is 100 g/mol. The van der Waals surface area contributed by atoms with Crippen molar-refractivity contribution in [2.24, 2.45) is 0 Å². The van der Waals surface area contributed by atoms with Gasteiger partial charge in [-0.3, -0.25) is 0 Å². The molecule has 0 bridgehead atoms. The number of ether oxygens (including phenoxy) is 1. The van der Waals surface area contributed by atoms with Crippen molar-refractivity contribution in [3.63, 3.8) is 0 Å². The van der Waals surface area contributed by atoms with Gasteiger partial charge in [0.1, 0.15) is 0 Å². The molecule has 1 nitrogen and oxygen atoms in total. The van der Waals surface area contributed by atoms with Gasteiger partial charge in [-0.25, -0.2) is 0 Å². The lowest BCUT2D eigenvalue weighted by molar-refractivity contribution is 0.233. The maximum absolute atomic E-state index is 5.04. The van der Waals surface area contributed by atoms with Crippen LogP contribution in [0.1, 0.15) is 6.92 Å². The van der Waals surface area contributed by atoms with E-state index in [1.165, 1.54) is 0 Å². The third-order valence-corrected chi connectivity index (χ3v) is 0.784. The average molecular weight is 110 g/mol. The molecule has 0 fully saturated rings. The van der Waals surface area contributed by atoms with Crippen molar-refractivity contribution in [2.75, 3.05) is 13.7 Å². The average Bonchev–Trinajstić information content (AvgIpc) is 1.83. The summed E-state index contributed by atoms with van der Waals surface area (Å²) in [5, 5.41) is 0. The molecule has 0 aromatic heterocycles. The van der Waals surface area contributed by atoms with Crippen molar-refractivity contribution >= 4 is 0 Å². The second-order valence-corrected chi connectivity index (χ2v) is 1.49. The Balaban J connectivity index is 3.46. The maximum atomic E-state index is 5.04. The Hall–Kier alpha value is -0.740. The van der Waals surface area contributed by atoms with Gasteiger partial charge < -0.3 is 4.74 Å². The Morgan fingerprint density at radius 2 is 2.50 bits per heavy atom. The maximum Gasteiger partial charge on any atom is 0.0655 e. The molecule has 0 spiro atoms. The van der Waals surface area contributed by atoms with Crippen LogP contribution in [-0.2, 0) is 4.74 Å². The van der Waals surface area contributed by atoms with Crippen LogP contribution in [0.5, 0.6) is 0 Å². The fourth-order valence-electron chi connectivity index (χ4n) is 0.267. The first-order valence-corrected chi connectivity index (χ1v) is 2.43. The lowest BCUT2D eigenvalue weighted by Crippen LogP contribution is -1.81. The van der Waals surface area contributed by atoms with E-state index in [-0.39, 0.29) is 0 Å². The number of allylic oxidation sites excluding steroid dienone is 1. The van der Waals surface area contributed by atoms with Crippen LogP contribution in [0.4, 0.5) is 0 Å². The molecule has 0 saturated heterocycles. The molecular formula is C7H10O. The van der Waals surface area contributed by atoms with Gasteiger partial charge in [-0.1, -0.05) is 5.92 Å². The Kier molecular flexibility index (Phi) is 4.01. The summed E-state index contributed by atoms with van der Waals surface area (Å²) in [4.78, 5) is 0. The Morgan fingerprint density at radius 1 is 1.88 bits per heavy atom. The highest BCUT2D eigenvalue weighted by atomic mass is 16.5. The van der Waals surface area contributed by atoms with Crippen molar-refractivity contribution in [3.8, 4) is 12.3 Å². The number of terminal acetylenes is 1.